The van der Waals surface area contributed by atoms with Gasteiger partial charge in [-0.15, -0.1) is 11.3 Å². The number of benzene rings is 2. The Hall–Kier alpha value is -4.66. The number of carbonyl (C=O) groups is 1. The minimum Gasteiger partial charge on any atom is -0.477 e. The van der Waals surface area contributed by atoms with E-state index >= 15 is 4.39 Å². The summed E-state index contributed by atoms with van der Waals surface area (Å²) in [4.78, 5) is 24.5. The van der Waals surface area contributed by atoms with E-state index in [1.54, 1.807) is 42.5 Å². The first-order chi connectivity index (χ1) is 19.9. The van der Waals surface area contributed by atoms with Crippen molar-refractivity contribution in [3.8, 4) is 17.1 Å². The lowest BCUT2D eigenvalue weighted by Crippen LogP contribution is -2.31. The number of hydrogen-bond acceptors (Lipinski definition) is 6. The second-order valence-electron chi connectivity index (χ2n) is 9.56. The summed E-state index contributed by atoms with van der Waals surface area (Å²) in [5.41, 5.74) is 3.15. The molecule has 1 aliphatic rings. The summed E-state index contributed by atoms with van der Waals surface area (Å²) < 4.78 is 42.9. The van der Waals surface area contributed by atoms with Crippen LogP contribution in [0.5, 0.6) is 5.88 Å². The van der Waals surface area contributed by atoms with Gasteiger partial charge >= 0.3 is 5.97 Å². The van der Waals surface area contributed by atoms with E-state index in [0.717, 1.165) is 23.3 Å². The molecule has 8 nitrogen and oxygen atoms in total. The van der Waals surface area contributed by atoms with Crippen molar-refractivity contribution in [1.82, 2.24) is 14.5 Å². The maximum atomic E-state index is 15.4. The summed E-state index contributed by atoms with van der Waals surface area (Å²) in [6.07, 6.45) is 1.09. The molecular formula is C30H22F2N4O4S. The third kappa shape index (κ3) is 5.52. The standard InChI is InChI=1S/C30H22F2N4O4S/c1-33-20-6-2-17(3-7-20)16-40-28-22(31)8-9-24(34-28)19-5-4-18(23(32)12-19)13-27-35-29-25(14-26(41-29)30(37)38)36(27)15-21-10-11-39-21/h2-9,12,14,21H,10-11,13,15-16H2,(H,37,38)/t21-/m0/s1. The molecule has 6 rings (SSSR count). The van der Waals surface area contributed by atoms with Crippen LogP contribution >= 0.6 is 11.3 Å². The fourth-order valence-electron chi connectivity index (χ4n) is 4.56. The Balaban J connectivity index is 1.23. The molecule has 0 saturated carbocycles. The lowest BCUT2D eigenvalue weighted by Gasteiger charge is -2.27. The Kier molecular flexibility index (Phi) is 7.17. The third-order valence-corrected chi connectivity index (χ3v) is 7.88. The number of nitrogens with zero attached hydrogens (tertiary/aromatic N) is 4. The molecule has 1 N–H and O–H groups in total. The van der Waals surface area contributed by atoms with Crippen LogP contribution in [0.15, 0.2) is 60.7 Å². The quantitative estimate of drug-likeness (QED) is 0.199. The minimum atomic E-state index is -1.01. The van der Waals surface area contributed by atoms with Crippen LogP contribution in [-0.2, 0) is 24.3 Å². The van der Waals surface area contributed by atoms with Crippen molar-refractivity contribution in [1.29, 1.82) is 0 Å². The van der Waals surface area contributed by atoms with Gasteiger partial charge < -0.3 is 19.1 Å². The Morgan fingerprint density at radius 1 is 1.12 bits per heavy atom. The zero-order valence-electron chi connectivity index (χ0n) is 21.5. The number of ether oxygens (including phenoxy) is 2. The van der Waals surface area contributed by atoms with Crippen LogP contribution in [0.4, 0.5) is 14.5 Å². The van der Waals surface area contributed by atoms with Crippen LogP contribution < -0.4 is 4.74 Å². The number of pyridine rings is 1. The number of carboxylic acid groups (broad SMARTS) is 1. The second-order valence-corrected chi connectivity index (χ2v) is 10.6. The van der Waals surface area contributed by atoms with Gasteiger partial charge in [-0.3, -0.25) is 0 Å². The first kappa shape index (κ1) is 26.6. The largest absolute Gasteiger partial charge is 0.477 e. The Labute approximate surface area is 237 Å². The van der Waals surface area contributed by atoms with E-state index < -0.39 is 17.6 Å². The highest BCUT2D eigenvalue weighted by atomic mass is 32.1. The van der Waals surface area contributed by atoms with Gasteiger partial charge in [0.05, 0.1) is 30.4 Å². The van der Waals surface area contributed by atoms with Crippen molar-refractivity contribution < 1.29 is 28.2 Å². The van der Waals surface area contributed by atoms with E-state index in [1.807, 2.05) is 4.57 Å². The van der Waals surface area contributed by atoms with Crippen molar-refractivity contribution in [3.05, 3.63) is 106 Å². The van der Waals surface area contributed by atoms with E-state index in [1.165, 1.54) is 18.2 Å². The second kappa shape index (κ2) is 11.1. The van der Waals surface area contributed by atoms with Gasteiger partial charge in [-0.2, -0.15) is 0 Å². The minimum absolute atomic E-state index is 0.00521. The molecule has 5 aromatic rings. The topological polar surface area (TPSA) is 90.8 Å². The highest BCUT2D eigenvalue weighted by Gasteiger charge is 2.24. The molecule has 1 aliphatic heterocycles. The summed E-state index contributed by atoms with van der Waals surface area (Å²) in [6, 6.07) is 15.7. The molecule has 4 heterocycles. The SMILES string of the molecule is [C-]#[N+]c1ccc(COc2nc(-c3ccc(Cc4nc5sc(C(=O)O)cc5n4C[C@@H]4CCO4)c(F)c3)ccc2F)cc1. The van der Waals surface area contributed by atoms with Gasteiger partial charge in [-0.05, 0) is 41.8 Å². The van der Waals surface area contributed by atoms with Crippen molar-refractivity contribution in [3.63, 3.8) is 0 Å². The fraction of sp³-hybridized carbons (Fsp3) is 0.200. The fourth-order valence-corrected chi connectivity index (χ4v) is 5.45. The zero-order valence-corrected chi connectivity index (χ0v) is 22.3. The smallest absolute Gasteiger partial charge is 0.346 e. The normalized spacial score (nSPS) is 14.5. The lowest BCUT2D eigenvalue weighted by molar-refractivity contribution is -0.0589. The number of aromatic carboxylic acids is 1. The van der Waals surface area contributed by atoms with Crippen LogP contribution in [0.3, 0.4) is 0 Å². The highest BCUT2D eigenvalue weighted by Crippen LogP contribution is 2.31. The van der Waals surface area contributed by atoms with Gasteiger partial charge in [0, 0.05) is 18.6 Å². The summed E-state index contributed by atoms with van der Waals surface area (Å²) in [5.74, 6) is -1.72. The average Bonchev–Trinajstić information content (AvgIpc) is 3.50. The molecule has 41 heavy (non-hydrogen) atoms. The zero-order chi connectivity index (χ0) is 28.5. The number of rotatable bonds is 9. The third-order valence-electron chi connectivity index (χ3n) is 6.87. The molecule has 0 amide bonds. The molecule has 0 aliphatic carbocycles. The number of imidazole rings is 1. The number of aromatic nitrogens is 3. The van der Waals surface area contributed by atoms with Crippen LogP contribution in [0.2, 0.25) is 0 Å². The number of halogens is 2. The van der Waals surface area contributed by atoms with Crippen LogP contribution in [0, 0.1) is 18.2 Å². The molecule has 11 heteroatoms. The molecular weight excluding hydrogens is 550 g/mol. The molecule has 1 fully saturated rings. The summed E-state index contributed by atoms with van der Waals surface area (Å²) in [5, 5.41) is 9.38. The van der Waals surface area contributed by atoms with E-state index in [4.69, 9.17) is 16.0 Å². The van der Waals surface area contributed by atoms with E-state index in [2.05, 4.69) is 14.8 Å². The van der Waals surface area contributed by atoms with Crippen LogP contribution in [0.1, 0.15) is 33.0 Å². The van der Waals surface area contributed by atoms with Crippen LogP contribution in [-0.4, -0.2) is 38.3 Å². The van der Waals surface area contributed by atoms with E-state index in [0.29, 0.717) is 51.8 Å². The highest BCUT2D eigenvalue weighted by molar-refractivity contribution is 7.20. The van der Waals surface area contributed by atoms with E-state index in [-0.39, 0.29) is 29.9 Å². The Morgan fingerprint density at radius 2 is 1.93 bits per heavy atom. The van der Waals surface area contributed by atoms with Crippen molar-refractivity contribution in [2.24, 2.45) is 0 Å². The van der Waals surface area contributed by atoms with Crippen molar-refractivity contribution >= 4 is 33.3 Å². The monoisotopic (exact) mass is 572 g/mol. The molecule has 0 unspecified atom stereocenters. The molecule has 1 atom stereocenters. The molecule has 1 saturated heterocycles. The summed E-state index contributed by atoms with van der Waals surface area (Å²) in [7, 11) is 0. The molecule has 2 aromatic carbocycles. The van der Waals surface area contributed by atoms with Gasteiger partial charge in [0.1, 0.15) is 28.0 Å². The maximum absolute atomic E-state index is 15.4. The average molecular weight is 573 g/mol. The Bertz CT molecular complexity index is 1810. The van der Waals surface area contributed by atoms with Gasteiger partial charge in [-0.25, -0.2) is 28.4 Å². The van der Waals surface area contributed by atoms with Gasteiger partial charge in [0.25, 0.3) is 5.88 Å². The number of thiophene rings is 1. The summed E-state index contributed by atoms with van der Waals surface area (Å²) >= 11 is 1.09. The number of fused-ring (bicyclic) bond motifs is 1. The number of hydrogen-bond donors (Lipinski definition) is 1. The van der Waals surface area contributed by atoms with Gasteiger partial charge in [0.15, 0.2) is 11.5 Å². The predicted octanol–water partition coefficient (Wildman–Crippen LogP) is 6.65. The molecule has 206 valence electrons. The first-order valence-electron chi connectivity index (χ1n) is 12.8. The van der Waals surface area contributed by atoms with E-state index in [9.17, 15) is 14.3 Å². The molecule has 0 bridgehead atoms. The van der Waals surface area contributed by atoms with Crippen LogP contribution in [0.25, 0.3) is 26.4 Å². The van der Waals surface area contributed by atoms with Crippen molar-refractivity contribution in [2.45, 2.75) is 32.1 Å². The summed E-state index contributed by atoms with van der Waals surface area (Å²) in [6.45, 7) is 8.27. The molecule has 0 radical (unpaired) electrons. The Morgan fingerprint density at radius 3 is 2.61 bits per heavy atom. The predicted molar refractivity (Wildman–Crippen MR) is 148 cm³/mol. The maximum Gasteiger partial charge on any atom is 0.346 e. The first-order valence-corrected chi connectivity index (χ1v) is 13.6. The van der Waals surface area contributed by atoms with Gasteiger partial charge in [-0.1, -0.05) is 36.4 Å². The molecule has 3 aromatic heterocycles. The number of carboxylic acids is 1. The van der Waals surface area contributed by atoms with Crippen molar-refractivity contribution in [2.75, 3.05) is 6.61 Å². The molecule has 0 spiro atoms. The van der Waals surface area contributed by atoms with Gasteiger partial charge in [0.2, 0.25) is 0 Å². The lowest BCUT2D eigenvalue weighted by atomic mass is 10.0.